The third kappa shape index (κ3) is 2.69. The predicted molar refractivity (Wildman–Crippen MR) is 107 cm³/mol. The van der Waals surface area contributed by atoms with Crippen LogP contribution in [-0.4, -0.2) is 23.1 Å². The van der Waals surface area contributed by atoms with Crippen molar-refractivity contribution in [3.05, 3.63) is 71.0 Å². The van der Waals surface area contributed by atoms with Crippen molar-refractivity contribution < 1.29 is 0 Å². The number of aryl methyl sites for hydroxylation is 1. The van der Waals surface area contributed by atoms with Crippen LogP contribution in [0.2, 0.25) is 0 Å². The first kappa shape index (κ1) is 16.4. The van der Waals surface area contributed by atoms with E-state index in [0.29, 0.717) is 5.92 Å². The number of benzene rings is 1. The second kappa shape index (κ2) is 6.34. The molecule has 0 spiro atoms. The summed E-state index contributed by atoms with van der Waals surface area (Å²) in [6.45, 7) is 11.6. The molecular formula is C23H28N2. The van der Waals surface area contributed by atoms with Gasteiger partial charge in [0, 0.05) is 43.1 Å². The number of aromatic nitrogens is 1. The van der Waals surface area contributed by atoms with Gasteiger partial charge in [-0.3, -0.25) is 0 Å². The zero-order valence-electron chi connectivity index (χ0n) is 15.7. The van der Waals surface area contributed by atoms with Gasteiger partial charge in [0.2, 0.25) is 0 Å². The maximum Gasteiger partial charge on any atom is 0.0519 e. The molecule has 2 aromatic rings. The second-order valence-corrected chi connectivity index (χ2v) is 7.65. The molecule has 3 heterocycles. The van der Waals surface area contributed by atoms with E-state index in [1.807, 2.05) is 6.08 Å². The average Bonchev–Trinajstić information content (AvgIpc) is 2.88. The van der Waals surface area contributed by atoms with E-state index in [9.17, 15) is 0 Å². The Balaban J connectivity index is 1.89. The highest BCUT2D eigenvalue weighted by Gasteiger charge is 2.29. The zero-order valence-corrected chi connectivity index (χ0v) is 15.7. The summed E-state index contributed by atoms with van der Waals surface area (Å²) in [7, 11) is 2.24. The van der Waals surface area contributed by atoms with E-state index < -0.39 is 0 Å². The van der Waals surface area contributed by atoms with Crippen molar-refractivity contribution >= 4 is 10.9 Å². The third-order valence-electron chi connectivity index (χ3n) is 5.77. The standard InChI is InChI=1S/C23H28N2/c1-5-7-17(8-6-2)19-13-18-11-16(3)12-20-21-15-24(4)10-9-22(21)25(14-19)23(18)20/h5-8,11-12,19H,1,9-10,13-15H2,2-4H3/b8-6-,17-7+. The summed E-state index contributed by atoms with van der Waals surface area (Å²) in [4.78, 5) is 2.45. The largest absolute Gasteiger partial charge is 0.343 e. The molecule has 0 fully saturated rings. The minimum Gasteiger partial charge on any atom is -0.343 e. The van der Waals surface area contributed by atoms with Gasteiger partial charge in [-0.25, -0.2) is 0 Å². The van der Waals surface area contributed by atoms with Crippen molar-refractivity contribution in [3.63, 3.8) is 0 Å². The van der Waals surface area contributed by atoms with Crippen LogP contribution in [0.3, 0.4) is 0 Å². The molecule has 1 unspecified atom stereocenters. The summed E-state index contributed by atoms with van der Waals surface area (Å²) in [6, 6.07) is 4.81. The molecular weight excluding hydrogens is 304 g/mol. The van der Waals surface area contributed by atoms with Gasteiger partial charge in [0.25, 0.3) is 0 Å². The van der Waals surface area contributed by atoms with Gasteiger partial charge in [0.15, 0.2) is 0 Å². The van der Waals surface area contributed by atoms with E-state index in [0.717, 1.165) is 32.5 Å². The number of fused-ring (bicyclic) bond motifs is 3. The van der Waals surface area contributed by atoms with Gasteiger partial charge >= 0.3 is 0 Å². The molecule has 1 aromatic heterocycles. The van der Waals surface area contributed by atoms with Crippen molar-refractivity contribution in [2.75, 3.05) is 13.6 Å². The van der Waals surface area contributed by atoms with E-state index >= 15 is 0 Å². The van der Waals surface area contributed by atoms with Crippen LogP contribution in [0.15, 0.2) is 48.6 Å². The van der Waals surface area contributed by atoms with Crippen LogP contribution >= 0.6 is 0 Å². The first-order chi connectivity index (χ1) is 12.1. The van der Waals surface area contributed by atoms with Crippen LogP contribution in [0.25, 0.3) is 10.9 Å². The number of hydrogen-bond donors (Lipinski definition) is 0. The summed E-state index contributed by atoms with van der Waals surface area (Å²) in [5.74, 6) is 0.530. The van der Waals surface area contributed by atoms with Crippen molar-refractivity contribution in [2.45, 2.75) is 39.8 Å². The first-order valence-electron chi connectivity index (χ1n) is 9.39. The lowest BCUT2D eigenvalue weighted by molar-refractivity contribution is 0.307. The molecule has 0 radical (unpaired) electrons. The highest BCUT2D eigenvalue weighted by atomic mass is 15.1. The fourth-order valence-corrected chi connectivity index (χ4v) is 4.75. The topological polar surface area (TPSA) is 8.17 Å². The molecule has 25 heavy (non-hydrogen) atoms. The van der Waals surface area contributed by atoms with Crippen LogP contribution in [0.5, 0.6) is 0 Å². The lowest BCUT2D eigenvalue weighted by Crippen LogP contribution is -2.29. The van der Waals surface area contributed by atoms with Crippen LogP contribution in [0.4, 0.5) is 0 Å². The molecule has 4 rings (SSSR count). The normalized spacial score (nSPS) is 21.1. The highest BCUT2D eigenvalue weighted by molar-refractivity contribution is 5.90. The molecule has 0 bridgehead atoms. The molecule has 2 aliphatic rings. The third-order valence-corrected chi connectivity index (χ3v) is 5.77. The SMILES string of the molecule is C=C/C=C(\C=C/C)C1Cc2cc(C)cc3c4c(n(c23)C1)CCN(C)C4. The van der Waals surface area contributed by atoms with Crippen molar-refractivity contribution in [3.8, 4) is 0 Å². The van der Waals surface area contributed by atoms with Gasteiger partial charge in [-0.2, -0.15) is 0 Å². The van der Waals surface area contributed by atoms with Gasteiger partial charge < -0.3 is 9.47 Å². The lowest BCUT2D eigenvalue weighted by Gasteiger charge is -2.29. The van der Waals surface area contributed by atoms with Gasteiger partial charge in [-0.1, -0.05) is 42.5 Å². The summed E-state index contributed by atoms with van der Waals surface area (Å²) in [5, 5.41) is 1.50. The first-order valence-corrected chi connectivity index (χ1v) is 9.39. The Morgan fingerprint density at radius 1 is 1.32 bits per heavy atom. The molecule has 2 heteroatoms. The molecule has 2 aliphatic heterocycles. The molecule has 0 N–H and O–H groups in total. The molecule has 0 aliphatic carbocycles. The van der Waals surface area contributed by atoms with Crippen LogP contribution in [-0.2, 0) is 25.9 Å². The second-order valence-electron chi connectivity index (χ2n) is 7.65. The van der Waals surface area contributed by atoms with Crippen LogP contribution in [0, 0.1) is 12.8 Å². The van der Waals surface area contributed by atoms with E-state index in [4.69, 9.17) is 0 Å². The van der Waals surface area contributed by atoms with Gasteiger partial charge in [-0.05, 0) is 50.1 Å². The van der Waals surface area contributed by atoms with Crippen LogP contribution < -0.4 is 0 Å². The van der Waals surface area contributed by atoms with E-state index in [1.54, 1.807) is 11.3 Å². The Bertz CT molecular complexity index is 895. The Morgan fingerprint density at radius 2 is 2.16 bits per heavy atom. The minimum atomic E-state index is 0.530. The summed E-state index contributed by atoms with van der Waals surface area (Å²) < 4.78 is 2.64. The molecule has 1 atom stereocenters. The predicted octanol–water partition coefficient (Wildman–Crippen LogP) is 4.80. The minimum absolute atomic E-state index is 0.530. The highest BCUT2D eigenvalue weighted by Crippen LogP contribution is 2.39. The van der Waals surface area contributed by atoms with Gasteiger partial charge in [-0.15, -0.1) is 0 Å². The zero-order chi connectivity index (χ0) is 17.6. The number of allylic oxidation sites excluding steroid dienone is 5. The Hall–Kier alpha value is -2.06. The number of likely N-dealkylation sites (N-methyl/N-ethyl adjacent to an activating group) is 1. The van der Waals surface area contributed by atoms with Gasteiger partial charge in [0.05, 0.1) is 5.52 Å². The summed E-state index contributed by atoms with van der Waals surface area (Å²) >= 11 is 0. The average molecular weight is 332 g/mol. The van der Waals surface area contributed by atoms with Crippen molar-refractivity contribution in [1.82, 2.24) is 9.47 Å². The quantitative estimate of drug-likeness (QED) is 0.733. The van der Waals surface area contributed by atoms with E-state index in [2.05, 4.69) is 67.3 Å². The summed E-state index contributed by atoms with van der Waals surface area (Å²) in [6.07, 6.45) is 10.8. The Kier molecular flexibility index (Phi) is 4.16. The number of nitrogens with zero attached hydrogens (tertiary/aromatic N) is 2. The van der Waals surface area contributed by atoms with Crippen molar-refractivity contribution in [2.24, 2.45) is 5.92 Å². The summed E-state index contributed by atoms with van der Waals surface area (Å²) in [5.41, 5.74) is 8.94. The van der Waals surface area contributed by atoms with E-state index in [1.165, 1.54) is 27.6 Å². The maximum absolute atomic E-state index is 3.92. The molecule has 0 saturated carbocycles. The Labute approximate surface area is 151 Å². The monoisotopic (exact) mass is 332 g/mol. The number of rotatable bonds is 3. The molecule has 0 saturated heterocycles. The molecule has 1 aromatic carbocycles. The van der Waals surface area contributed by atoms with Crippen molar-refractivity contribution in [1.29, 1.82) is 0 Å². The fraction of sp³-hybridized carbons (Fsp3) is 0.391. The fourth-order valence-electron chi connectivity index (χ4n) is 4.75. The Morgan fingerprint density at radius 3 is 2.92 bits per heavy atom. The smallest absolute Gasteiger partial charge is 0.0519 e. The van der Waals surface area contributed by atoms with Crippen LogP contribution in [0.1, 0.15) is 29.3 Å². The number of hydrogen-bond acceptors (Lipinski definition) is 1. The molecule has 130 valence electrons. The molecule has 0 amide bonds. The maximum atomic E-state index is 3.92. The van der Waals surface area contributed by atoms with Gasteiger partial charge in [0.1, 0.15) is 0 Å². The lowest BCUT2D eigenvalue weighted by atomic mass is 9.87. The van der Waals surface area contributed by atoms with E-state index in [-0.39, 0.29) is 0 Å². The molecule has 2 nitrogen and oxygen atoms in total.